The molecule has 0 unspecified atom stereocenters. The molecule has 0 fully saturated rings. The van der Waals surface area contributed by atoms with Crippen LogP contribution >= 0.6 is 0 Å². The Morgan fingerprint density at radius 2 is 2.43 bits per heavy atom. The second kappa shape index (κ2) is 2.95. The van der Waals surface area contributed by atoms with E-state index in [0.717, 1.165) is 30.5 Å². The molecule has 0 bridgehead atoms. The monoisotopic (exact) mass is 193 g/mol. The Hall–Kier alpha value is -1.62. The maximum atomic E-state index is 5.49. The van der Waals surface area contributed by atoms with Gasteiger partial charge in [-0.05, 0) is 0 Å². The van der Waals surface area contributed by atoms with Crippen molar-refractivity contribution < 1.29 is 9.47 Å². The molecule has 3 aliphatic rings. The standard InChI is InChI=1S/C9H11N3O2/c1-2-13-4-7-5-14-8-3-10-6-11-9(8)12(1)7/h1-2,5,10-11H,3-4,6H2. The summed E-state index contributed by atoms with van der Waals surface area (Å²) < 4.78 is 10.7. The van der Waals surface area contributed by atoms with Gasteiger partial charge in [-0.2, -0.15) is 0 Å². The third-order valence-corrected chi connectivity index (χ3v) is 2.36. The van der Waals surface area contributed by atoms with E-state index >= 15 is 0 Å². The Kier molecular flexibility index (Phi) is 1.63. The molecular weight excluding hydrogens is 182 g/mol. The smallest absolute Gasteiger partial charge is 0.158 e. The van der Waals surface area contributed by atoms with Gasteiger partial charge in [0.25, 0.3) is 0 Å². The summed E-state index contributed by atoms with van der Waals surface area (Å²) in [5.41, 5.74) is 1.01. The molecule has 0 saturated carbocycles. The van der Waals surface area contributed by atoms with Crippen LogP contribution in [0.25, 0.3) is 0 Å². The third kappa shape index (κ3) is 1.06. The van der Waals surface area contributed by atoms with Crippen molar-refractivity contribution in [2.45, 2.75) is 0 Å². The second-order valence-electron chi connectivity index (χ2n) is 3.25. The Bertz CT molecular complexity index is 346. The summed E-state index contributed by atoms with van der Waals surface area (Å²) >= 11 is 0. The number of hydrogen-bond acceptors (Lipinski definition) is 5. The Morgan fingerprint density at radius 3 is 3.43 bits per heavy atom. The van der Waals surface area contributed by atoms with E-state index < -0.39 is 0 Å². The lowest BCUT2D eigenvalue weighted by atomic mass is 10.3. The summed E-state index contributed by atoms with van der Waals surface area (Å²) in [6.45, 7) is 2.08. The summed E-state index contributed by atoms with van der Waals surface area (Å²) in [7, 11) is 0. The van der Waals surface area contributed by atoms with E-state index in [-0.39, 0.29) is 0 Å². The largest absolute Gasteiger partial charge is 0.493 e. The number of nitrogens with one attached hydrogen (secondary N) is 2. The van der Waals surface area contributed by atoms with Crippen LogP contribution in [0.3, 0.4) is 0 Å². The molecule has 5 heteroatoms. The molecule has 0 aromatic carbocycles. The molecule has 5 nitrogen and oxygen atoms in total. The molecule has 0 aromatic rings. The van der Waals surface area contributed by atoms with Gasteiger partial charge < -0.3 is 14.8 Å². The molecule has 74 valence electrons. The molecule has 0 radical (unpaired) electrons. The van der Waals surface area contributed by atoms with Crippen molar-refractivity contribution in [3.8, 4) is 0 Å². The minimum Gasteiger partial charge on any atom is -0.493 e. The molecule has 0 aliphatic carbocycles. The lowest BCUT2D eigenvalue weighted by Gasteiger charge is -2.35. The van der Waals surface area contributed by atoms with Gasteiger partial charge in [-0.15, -0.1) is 0 Å². The van der Waals surface area contributed by atoms with Crippen LogP contribution in [-0.2, 0) is 9.47 Å². The van der Waals surface area contributed by atoms with Crippen LogP contribution in [-0.4, -0.2) is 24.7 Å². The SMILES string of the molecule is C1=CN2C(=COC3=C2NCNC3)CO1. The first-order chi connectivity index (χ1) is 6.95. The summed E-state index contributed by atoms with van der Waals surface area (Å²) in [4.78, 5) is 2.06. The zero-order valence-corrected chi connectivity index (χ0v) is 7.62. The van der Waals surface area contributed by atoms with Crippen LogP contribution in [0.15, 0.2) is 36.0 Å². The fraction of sp³-hybridized carbons (Fsp3) is 0.333. The number of rotatable bonds is 0. The van der Waals surface area contributed by atoms with Gasteiger partial charge in [0.05, 0.1) is 18.9 Å². The van der Waals surface area contributed by atoms with E-state index in [1.165, 1.54) is 0 Å². The molecule has 3 rings (SSSR count). The summed E-state index contributed by atoms with van der Waals surface area (Å²) in [6.07, 6.45) is 5.32. The van der Waals surface area contributed by atoms with E-state index in [1.54, 1.807) is 12.5 Å². The maximum Gasteiger partial charge on any atom is 0.158 e. The van der Waals surface area contributed by atoms with Crippen molar-refractivity contribution in [1.82, 2.24) is 15.5 Å². The van der Waals surface area contributed by atoms with Gasteiger partial charge in [-0.1, -0.05) is 0 Å². The minimum absolute atomic E-state index is 0.558. The van der Waals surface area contributed by atoms with Crippen LogP contribution in [0, 0.1) is 0 Å². The number of fused-ring (bicyclic) bond motifs is 2. The number of nitrogens with zero attached hydrogens (tertiary/aromatic N) is 1. The van der Waals surface area contributed by atoms with E-state index in [9.17, 15) is 0 Å². The van der Waals surface area contributed by atoms with E-state index in [0.29, 0.717) is 6.61 Å². The Balaban J connectivity index is 1.97. The normalized spacial score (nSPS) is 24.0. The molecule has 0 aromatic heterocycles. The molecule has 2 N–H and O–H groups in total. The lowest BCUT2D eigenvalue weighted by molar-refractivity contribution is 0.182. The maximum absolute atomic E-state index is 5.49. The van der Waals surface area contributed by atoms with Gasteiger partial charge in [0.15, 0.2) is 11.6 Å². The van der Waals surface area contributed by atoms with Crippen molar-refractivity contribution >= 4 is 0 Å². The fourth-order valence-electron chi connectivity index (χ4n) is 1.67. The van der Waals surface area contributed by atoms with Crippen LogP contribution in [0.5, 0.6) is 0 Å². The first kappa shape index (κ1) is 7.75. The molecule has 0 amide bonds. The van der Waals surface area contributed by atoms with Gasteiger partial charge in [-0.25, -0.2) is 0 Å². The third-order valence-electron chi connectivity index (χ3n) is 2.36. The highest BCUT2D eigenvalue weighted by atomic mass is 16.5. The van der Waals surface area contributed by atoms with Gasteiger partial charge in [0, 0.05) is 6.20 Å². The predicted octanol–water partition coefficient (Wildman–Crippen LogP) is -0.0192. The van der Waals surface area contributed by atoms with E-state index in [1.807, 2.05) is 6.20 Å². The Labute approximate surface area is 81.7 Å². The van der Waals surface area contributed by atoms with E-state index in [2.05, 4.69) is 15.5 Å². The van der Waals surface area contributed by atoms with Crippen molar-refractivity contribution in [3.63, 3.8) is 0 Å². The highest BCUT2D eigenvalue weighted by Crippen LogP contribution is 2.25. The minimum atomic E-state index is 0.558. The average molecular weight is 193 g/mol. The fourth-order valence-corrected chi connectivity index (χ4v) is 1.67. The first-order valence-electron chi connectivity index (χ1n) is 4.56. The average Bonchev–Trinajstić information content (AvgIpc) is 2.29. The number of ether oxygens (including phenoxy) is 2. The van der Waals surface area contributed by atoms with Gasteiger partial charge >= 0.3 is 0 Å². The predicted molar refractivity (Wildman–Crippen MR) is 49.1 cm³/mol. The van der Waals surface area contributed by atoms with Crippen LogP contribution in [0.1, 0.15) is 0 Å². The van der Waals surface area contributed by atoms with Crippen LogP contribution in [0.4, 0.5) is 0 Å². The highest BCUT2D eigenvalue weighted by Gasteiger charge is 2.26. The molecule has 0 atom stereocenters. The van der Waals surface area contributed by atoms with Crippen molar-refractivity contribution in [3.05, 3.63) is 36.0 Å². The second-order valence-corrected chi connectivity index (χ2v) is 3.25. The summed E-state index contributed by atoms with van der Waals surface area (Å²) in [5.74, 6) is 1.94. The van der Waals surface area contributed by atoms with Gasteiger partial charge in [-0.3, -0.25) is 10.2 Å². The zero-order chi connectivity index (χ0) is 9.38. The molecule has 3 aliphatic heterocycles. The molecular formula is C9H11N3O2. The lowest BCUT2D eigenvalue weighted by Crippen LogP contribution is -2.44. The topological polar surface area (TPSA) is 45.8 Å². The van der Waals surface area contributed by atoms with Crippen molar-refractivity contribution in [2.75, 3.05) is 19.8 Å². The summed E-state index contributed by atoms with van der Waals surface area (Å²) in [6, 6.07) is 0. The molecule has 3 heterocycles. The number of hydrogen-bond donors (Lipinski definition) is 2. The Morgan fingerprint density at radius 1 is 1.43 bits per heavy atom. The zero-order valence-electron chi connectivity index (χ0n) is 7.62. The first-order valence-corrected chi connectivity index (χ1v) is 4.56. The quantitative estimate of drug-likeness (QED) is 0.566. The van der Waals surface area contributed by atoms with Crippen molar-refractivity contribution in [1.29, 1.82) is 0 Å². The summed E-state index contributed by atoms with van der Waals surface area (Å²) in [5, 5.41) is 6.42. The van der Waals surface area contributed by atoms with E-state index in [4.69, 9.17) is 9.47 Å². The molecule has 14 heavy (non-hydrogen) atoms. The van der Waals surface area contributed by atoms with Crippen LogP contribution < -0.4 is 10.6 Å². The molecule has 0 saturated heterocycles. The highest BCUT2D eigenvalue weighted by molar-refractivity contribution is 5.25. The van der Waals surface area contributed by atoms with Gasteiger partial charge in [0.2, 0.25) is 0 Å². The molecule has 0 spiro atoms. The van der Waals surface area contributed by atoms with Crippen molar-refractivity contribution in [2.24, 2.45) is 0 Å². The van der Waals surface area contributed by atoms with Crippen LogP contribution in [0.2, 0.25) is 0 Å². The van der Waals surface area contributed by atoms with Gasteiger partial charge in [0.1, 0.15) is 19.1 Å².